The van der Waals surface area contributed by atoms with Crippen LogP contribution in [0.5, 0.6) is 0 Å². The molecule has 1 fully saturated rings. The van der Waals surface area contributed by atoms with E-state index in [1.807, 2.05) is 75.4 Å². The van der Waals surface area contributed by atoms with Crippen LogP contribution in [0.2, 0.25) is 18.1 Å². The Labute approximate surface area is 254 Å². The number of ether oxygens (including phenoxy) is 1. The number of rotatable bonds is 8. The van der Waals surface area contributed by atoms with Crippen LogP contribution in [-0.2, 0) is 23.5 Å². The number of hydrogen-bond donors (Lipinski definition) is 1. The van der Waals surface area contributed by atoms with Crippen LogP contribution in [0.25, 0.3) is 0 Å². The van der Waals surface area contributed by atoms with Gasteiger partial charge in [0.25, 0.3) is 5.91 Å². The number of carbonyl (C=O) groups is 3. The number of nitrogens with zero attached hydrogens (tertiary/aromatic N) is 2. The second-order valence-corrected chi connectivity index (χ2v) is 20.1. The minimum Gasteiger partial charge on any atom is -0.449 e. The van der Waals surface area contributed by atoms with Crippen molar-refractivity contribution in [1.29, 1.82) is 0 Å². The highest BCUT2D eigenvalue weighted by Crippen LogP contribution is 2.38. The third-order valence-electron chi connectivity index (χ3n) is 7.82. The summed E-state index contributed by atoms with van der Waals surface area (Å²) in [6.07, 6.45) is 0.0915. The Morgan fingerprint density at radius 2 is 1.69 bits per heavy atom. The molecule has 0 saturated carbocycles. The number of aliphatic imine (C=N–C) groups is 1. The number of anilines is 1. The molecule has 0 aliphatic carbocycles. The maximum absolute atomic E-state index is 14.2. The molecule has 8 nitrogen and oxygen atoms in total. The molecule has 2 amide bonds. The van der Waals surface area contributed by atoms with Gasteiger partial charge in [0, 0.05) is 15.9 Å². The van der Waals surface area contributed by atoms with Crippen molar-refractivity contribution >= 4 is 49.3 Å². The molecule has 1 saturated heterocycles. The van der Waals surface area contributed by atoms with Gasteiger partial charge in [-0.15, -0.1) is 11.8 Å². The molecule has 42 heavy (non-hydrogen) atoms. The van der Waals surface area contributed by atoms with E-state index in [-0.39, 0.29) is 47.1 Å². The lowest BCUT2D eigenvalue weighted by Crippen LogP contribution is -2.50. The zero-order valence-corrected chi connectivity index (χ0v) is 27.7. The van der Waals surface area contributed by atoms with Gasteiger partial charge in [0.2, 0.25) is 5.91 Å². The Kier molecular flexibility index (Phi) is 9.39. The summed E-state index contributed by atoms with van der Waals surface area (Å²) in [4.78, 5) is 46.4. The first-order valence-corrected chi connectivity index (χ1v) is 18.2. The average Bonchev–Trinajstić information content (AvgIpc) is 3.17. The number of thioether (sulfide) groups is 1. The number of esters is 1. The van der Waals surface area contributed by atoms with Crippen molar-refractivity contribution in [3.05, 3.63) is 65.7 Å². The predicted molar refractivity (Wildman–Crippen MR) is 172 cm³/mol. The van der Waals surface area contributed by atoms with Crippen molar-refractivity contribution in [2.45, 2.75) is 88.4 Å². The van der Waals surface area contributed by atoms with Crippen LogP contribution in [0.1, 0.15) is 59.1 Å². The van der Waals surface area contributed by atoms with Gasteiger partial charge in [0.15, 0.2) is 19.8 Å². The van der Waals surface area contributed by atoms with Crippen LogP contribution in [0.3, 0.4) is 0 Å². The number of fused-ring (bicyclic) bond motifs is 1. The normalized spacial score (nSPS) is 21.4. The maximum atomic E-state index is 14.2. The minimum atomic E-state index is -2.20. The van der Waals surface area contributed by atoms with Gasteiger partial charge in [-0.05, 0) is 24.2 Å². The number of nitrogens with one attached hydrogen (secondary N) is 1. The summed E-state index contributed by atoms with van der Waals surface area (Å²) >= 11 is 1.50. The second kappa shape index (κ2) is 12.3. The van der Waals surface area contributed by atoms with Crippen LogP contribution in [-0.4, -0.2) is 67.2 Å². The monoisotopic (exact) mass is 609 g/mol. The summed E-state index contributed by atoms with van der Waals surface area (Å²) in [5, 5.41) is 2.93. The van der Waals surface area contributed by atoms with E-state index in [1.165, 1.54) is 16.7 Å². The minimum absolute atomic E-state index is 0.0440. The number of cyclic esters (lactones) is 1. The Balaban J connectivity index is 1.67. The molecule has 4 rings (SSSR count). The van der Waals surface area contributed by atoms with Crippen LogP contribution in [0.15, 0.2) is 59.6 Å². The molecule has 3 atom stereocenters. The van der Waals surface area contributed by atoms with Crippen LogP contribution in [0.4, 0.5) is 5.69 Å². The van der Waals surface area contributed by atoms with Crippen molar-refractivity contribution in [1.82, 2.24) is 5.32 Å². The fourth-order valence-electron chi connectivity index (χ4n) is 4.60. The largest absolute Gasteiger partial charge is 0.449 e. The van der Waals surface area contributed by atoms with E-state index in [9.17, 15) is 14.4 Å². The SMILES string of the molecule is CC(C)(C)S[C@H]1OC(=O)C[C@@H]1NC(=O)CN1C(=O)[C@@H](CO[Si](C)(C)C(C)(C)C)N=C(c2ccccc2)c2ccccc21. The lowest BCUT2D eigenvalue weighted by Gasteiger charge is -2.37. The fourth-order valence-corrected chi connectivity index (χ4v) is 6.78. The van der Waals surface area contributed by atoms with Gasteiger partial charge in [0.05, 0.1) is 30.5 Å². The molecule has 226 valence electrons. The highest BCUT2D eigenvalue weighted by molar-refractivity contribution is 8.01. The van der Waals surface area contributed by atoms with Crippen LogP contribution < -0.4 is 10.2 Å². The Hall–Kier alpha value is -2.95. The van der Waals surface area contributed by atoms with Gasteiger partial charge in [-0.1, -0.05) is 90.1 Å². The molecule has 0 radical (unpaired) electrons. The lowest BCUT2D eigenvalue weighted by atomic mass is 10.0. The number of carbonyl (C=O) groups excluding carboxylic acids is 3. The summed E-state index contributed by atoms with van der Waals surface area (Å²) in [6.45, 7) is 16.8. The third kappa shape index (κ3) is 7.51. The van der Waals surface area contributed by atoms with Gasteiger partial charge < -0.3 is 19.4 Å². The molecule has 2 aliphatic rings. The van der Waals surface area contributed by atoms with Crippen molar-refractivity contribution in [3.8, 4) is 0 Å². The predicted octanol–water partition coefficient (Wildman–Crippen LogP) is 5.55. The average molecular weight is 610 g/mol. The summed E-state index contributed by atoms with van der Waals surface area (Å²) in [7, 11) is -2.20. The smallest absolute Gasteiger partial charge is 0.309 e. The number of amides is 2. The second-order valence-electron chi connectivity index (χ2n) is 13.3. The van der Waals surface area contributed by atoms with E-state index in [4.69, 9.17) is 14.2 Å². The van der Waals surface area contributed by atoms with Gasteiger partial charge in [-0.3, -0.25) is 19.4 Å². The molecule has 0 bridgehead atoms. The number of benzene rings is 2. The van der Waals surface area contributed by atoms with E-state index in [1.54, 1.807) is 0 Å². The Morgan fingerprint density at radius 1 is 1.05 bits per heavy atom. The molecule has 2 aliphatic heterocycles. The van der Waals surface area contributed by atoms with Crippen molar-refractivity contribution < 1.29 is 23.5 Å². The summed E-state index contributed by atoms with van der Waals surface area (Å²) < 4.78 is 11.8. The molecule has 2 aromatic carbocycles. The van der Waals surface area contributed by atoms with E-state index >= 15 is 0 Å². The van der Waals surface area contributed by atoms with E-state index in [2.05, 4.69) is 39.2 Å². The van der Waals surface area contributed by atoms with Gasteiger partial charge in [-0.25, -0.2) is 0 Å². The Bertz CT molecular complexity index is 1350. The first-order chi connectivity index (χ1) is 19.6. The van der Waals surface area contributed by atoms with E-state index in [0.717, 1.165) is 11.1 Å². The van der Waals surface area contributed by atoms with E-state index in [0.29, 0.717) is 11.4 Å². The van der Waals surface area contributed by atoms with Gasteiger partial charge in [0.1, 0.15) is 6.54 Å². The Morgan fingerprint density at radius 3 is 2.33 bits per heavy atom. The number of benzodiazepines with no additional fused rings is 1. The molecule has 1 N–H and O–H groups in total. The molecule has 0 aromatic heterocycles. The zero-order valence-electron chi connectivity index (χ0n) is 25.9. The quantitative estimate of drug-likeness (QED) is 0.311. The third-order valence-corrected chi connectivity index (χ3v) is 13.7. The highest BCUT2D eigenvalue weighted by Gasteiger charge is 2.42. The fraction of sp³-hybridized carbons (Fsp3) is 0.500. The first-order valence-electron chi connectivity index (χ1n) is 14.4. The molecule has 2 heterocycles. The van der Waals surface area contributed by atoms with Gasteiger partial charge in [-0.2, -0.15) is 0 Å². The first kappa shape index (κ1) is 32.0. The standard InChI is InChI=1S/C32H43N3O5SSi/c1-31(2,3)41-30-23(18-27(37)40-30)33-26(36)19-35-25-17-13-12-16-22(25)28(21-14-10-9-11-15-21)34-24(29(35)38)20-39-42(7,8)32(4,5)6/h9-17,23-24,30H,18-20H2,1-8H3,(H,33,36)/t23-,24+,30+/m0/s1. The maximum Gasteiger partial charge on any atom is 0.309 e. The number of hydrogen-bond acceptors (Lipinski definition) is 7. The van der Waals surface area contributed by atoms with Crippen molar-refractivity contribution in [3.63, 3.8) is 0 Å². The molecule has 10 heteroatoms. The summed E-state index contributed by atoms with van der Waals surface area (Å²) in [5.41, 5.74) is 2.44. The number of para-hydroxylation sites is 1. The molecule has 0 spiro atoms. The summed E-state index contributed by atoms with van der Waals surface area (Å²) in [6, 6.07) is 16.0. The topological polar surface area (TPSA) is 97.3 Å². The zero-order chi connectivity index (χ0) is 30.9. The van der Waals surface area contributed by atoms with Crippen molar-refractivity contribution in [2.24, 2.45) is 4.99 Å². The van der Waals surface area contributed by atoms with Crippen LogP contribution in [0, 0.1) is 0 Å². The molecule has 0 unspecified atom stereocenters. The molecular weight excluding hydrogens is 567 g/mol. The highest BCUT2D eigenvalue weighted by atomic mass is 32.2. The molecular formula is C32H43N3O5SSi. The summed E-state index contributed by atoms with van der Waals surface area (Å²) in [5.74, 6) is -1.02. The molecule has 2 aromatic rings. The lowest BCUT2D eigenvalue weighted by molar-refractivity contribution is -0.139. The van der Waals surface area contributed by atoms with Crippen molar-refractivity contribution in [2.75, 3.05) is 18.1 Å². The van der Waals surface area contributed by atoms with E-state index < -0.39 is 25.8 Å². The van der Waals surface area contributed by atoms with Gasteiger partial charge >= 0.3 is 5.97 Å². The van der Waals surface area contributed by atoms with Crippen LogP contribution >= 0.6 is 11.8 Å².